The second-order valence-corrected chi connectivity index (χ2v) is 9.55. The minimum absolute atomic E-state index is 0.0374. The van der Waals surface area contributed by atoms with E-state index >= 15 is 0 Å². The molecule has 0 spiro atoms. The maximum Gasteiger partial charge on any atom is 0.220 e. The van der Waals surface area contributed by atoms with Gasteiger partial charge in [-0.1, -0.05) is 24.3 Å². The Kier molecular flexibility index (Phi) is 8.75. The molecule has 1 saturated heterocycles. The van der Waals surface area contributed by atoms with Crippen molar-refractivity contribution in [1.82, 2.24) is 19.6 Å². The summed E-state index contributed by atoms with van der Waals surface area (Å²) in [5, 5.41) is 3.09. The molecule has 204 valence electrons. The molecule has 8 heteroatoms. The van der Waals surface area contributed by atoms with Crippen molar-refractivity contribution < 1.29 is 19.0 Å². The maximum absolute atomic E-state index is 12.8. The fourth-order valence-corrected chi connectivity index (χ4v) is 4.94. The van der Waals surface area contributed by atoms with Crippen molar-refractivity contribution in [1.29, 1.82) is 0 Å². The molecule has 0 bridgehead atoms. The summed E-state index contributed by atoms with van der Waals surface area (Å²) in [4.78, 5) is 20.1. The first-order valence-corrected chi connectivity index (χ1v) is 13.6. The third-order valence-electron chi connectivity index (χ3n) is 6.98. The van der Waals surface area contributed by atoms with Crippen LogP contribution >= 0.6 is 0 Å². The Balaban J connectivity index is 1.41. The van der Waals surface area contributed by atoms with E-state index in [2.05, 4.69) is 32.9 Å². The predicted molar refractivity (Wildman–Crippen MR) is 152 cm³/mol. The highest BCUT2D eigenvalue weighted by molar-refractivity contribution is 5.77. The van der Waals surface area contributed by atoms with Crippen molar-refractivity contribution >= 4 is 11.6 Å². The number of aryl methyl sites for hydroxylation is 1. The highest BCUT2D eigenvalue weighted by Gasteiger charge is 2.17. The monoisotopic (exact) mass is 528 g/mol. The van der Waals surface area contributed by atoms with Crippen LogP contribution in [0.3, 0.4) is 0 Å². The van der Waals surface area contributed by atoms with Crippen LogP contribution in [-0.2, 0) is 16.0 Å². The van der Waals surface area contributed by atoms with Gasteiger partial charge in [0.2, 0.25) is 5.91 Å². The van der Waals surface area contributed by atoms with E-state index in [0.29, 0.717) is 26.0 Å². The van der Waals surface area contributed by atoms with Gasteiger partial charge in [-0.2, -0.15) is 0 Å². The molecule has 0 radical (unpaired) electrons. The molecular weight excluding hydrogens is 492 g/mol. The van der Waals surface area contributed by atoms with Crippen molar-refractivity contribution in [2.75, 3.05) is 53.1 Å². The lowest BCUT2D eigenvalue weighted by Gasteiger charge is -2.26. The summed E-state index contributed by atoms with van der Waals surface area (Å²) in [6.45, 7) is 7.41. The number of nitrogens with zero attached hydrogens (tertiary/aromatic N) is 3. The van der Waals surface area contributed by atoms with Crippen molar-refractivity contribution in [2.45, 2.75) is 19.8 Å². The van der Waals surface area contributed by atoms with Crippen LogP contribution in [0.1, 0.15) is 19.0 Å². The Hall–Kier alpha value is -3.88. The average Bonchev–Trinajstić information content (AvgIpc) is 3.35. The number of carbonyl (C=O) groups is 1. The van der Waals surface area contributed by atoms with Crippen LogP contribution < -0.4 is 14.8 Å². The standard InChI is InChI=1S/C31H36N4O4/c1-3-39-27-9-4-6-23(20-27)25-10-12-29-33-31(24-7-5-8-26(21-24)37-2)28(35(29)22-25)11-13-30(36)32-14-15-34-16-18-38-19-17-34/h4-10,12,20-22H,3,11,13-19H2,1-2H3,(H,32,36). The number of ether oxygens (including phenoxy) is 3. The van der Waals surface area contributed by atoms with E-state index in [4.69, 9.17) is 19.2 Å². The van der Waals surface area contributed by atoms with Gasteiger partial charge in [0.25, 0.3) is 0 Å². The molecule has 1 aliphatic rings. The number of carbonyl (C=O) groups excluding carboxylic acids is 1. The summed E-state index contributed by atoms with van der Waals surface area (Å²) in [6.07, 6.45) is 3.03. The van der Waals surface area contributed by atoms with Gasteiger partial charge in [0, 0.05) is 44.4 Å². The zero-order chi connectivity index (χ0) is 27.0. The molecule has 4 aromatic rings. The number of nitrogens with one attached hydrogen (secondary N) is 1. The van der Waals surface area contributed by atoms with E-state index in [1.807, 2.05) is 55.5 Å². The second kappa shape index (κ2) is 12.8. The van der Waals surface area contributed by atoms with Gasteiger partial charge in [-0.25, -0.2) is 4.98 Å². The number of amides is 1. The van der Waals surface area contributed by atoms with Gasteiger partial charge in [0.1, 0.15) is 17.1 Å². The lowest BCUT2D eigenvalue weighted by atomic mass is 10.1. The van der Waals surface area contributed by atoms with Crippen LogP contribution in [0.5, 0.6) is 11.5 Å². The average molecular weight is 529 g/mol. The number of imidazole rings is 1. The molecule has 8 nitrogen and oxygen atoms in total. The summed E-state index contributed by atoms with van der Waals surface area (Å²) in [7, 11) is 1.66. The number of hydrogen-bond donors (Lipinski definition) is 1. The quantitative estimate of drug-likeness (QED) is 0.310. The van der Waals surface area contributed by atoms with Crippen LogP contribution in [0.15, 0.2) is 66.9 Å². The maximum atomic E-state index is 12.8. The molecule has 0 saturated carbocycles. The van der Waals surface area contributed by atoms with E-state index in [0.717, 1.165) is 78.1 Å². The SMILES string of the molecule is CCOc1cccc(-c2ccc3nc(-c4cccc(OC)c4)c(CCC(=O)NCCN4CCOCC4)n3c2)c1. The molecule has 1 fully saturated rings. The number of rotatable bonds is 11. The van der Waals surface area contributed by atoms with Crippen LogP contribution in [0.2, 0.25) is 0 Å². The Morgan fingerprint density at radius 1 is 1.00 bits per heavy atom. The van der Waals surface area contributed by atoms with E-state index < -0.39 is 0 Å². The Morgan fingerprint density at radius 3 is 2.56 bits per heavy atom. The molecule has 1 aliphatic heterocycles. The highest BCUT2D eigenvalue weighted by Crippen LogP contribution is 2.31. The molecule has 3 heterocycles. The van der Waals surface area contributed by atoms with Crippen molar-refractivity contribution in [3.63, 3.8) is 0 Å². The summed E-state index contributed by atoms with van der Waals surface area (Å²) in [6, 6.07) is 20.1. The van der Waals surface area contributed by atoms with Gasteiger partial charge in [-0.05, 0) is 60.9 Å². The Labute approximate surface area is 229 Å². The molecule has 0 unspecified atom stereocenters. The molecule has 2 aromatic heterocycles. The van der Waals surface area contributed by atoms with Gasteiger partial charge in [0.15, 0.2) is 0 Å². The first kappa shape index (κ1) is 26.7. The number of aromatic nitrogens is 2. The third-order valence-corrected chi connectivity index (χ3v) is 6.98. The lowest BCUT2D eigenvalue weighted by Crippen LogP contribution is -2.41. The first-order chi connectivity index (χ1) is 19.1. The molecule has 0 atom stereocenters. The van der Waals surface area contributed by atoms with Crippen molar-refractivity contribution in [2.24, 2.45) is 0 Å². The largest absolute Gasteiger partial charge is 0.497 e. The van der Waals surface area contributed by atoms with Crippen molar-refractivity contribution in [3.05, 3.63) is 72.6 Å². The number of pyridine rings is 1. The molecule has 5 rings (SSSR count). The van der Waals surface area contributed by atoms with Gasteiger partial charge in [-0.3, -0.25) is 9.69 Å². The fourth-order valence-electron chi connectivity index (χ4n) is 4.94. The molecule has 0 aliphatic carbocycles. The summed E-state index contributed by atoms with van der Waals surface area (Å²) < 4.78 is 18.7. The molecule has 1 N–H and O–H groups in total. The van der Waals surface area contributed by atoms with Gasteiger partial charge >= 0.3 is 0 Å². The molecular formula is C31H36N4O4. The summed E-state index contributed by atoms with van der Waals surface area (Å²) >= 11 is 0. The number of methoxy groups -OCH3 is 1. The molecule has 2 aromatic carbocycles. The van der Waals surface area contributed by atoms with E-state index in [1.54, 1.807) is 7.11 Å². The number of morpholine rings is 1. The lowest BCUT2D eigenvalue weighted by molar-refractivity contribution is -0.121. The van der Waals surface area contributed by atoms with Crippen LogP contribution in [0, 0.1) is 0 Å². The minimum Gasteiger partial charge on any atom is -0.497 e. The topological polar surface area (TPSA) is 77.3 Å². The van der Waals surface area contributed by atoms with Crippen molar-refractivity contribution in [3.8, 4) is 33.9 Å². The molecule has 1 amide bonds. The van der Waals surface area contributed by atoms with E-state index in [1.165, 1.54) is 0 Å². The number of hydrogen-bond acceptors (Lipinski definition) is 6. The predicted octanol–water partition coefficient (Wildman–Crippen LogP) is 4.46. The van der Waals surface area contributed by atoms with Gasteiger partial charge in [-0.15, -0.1) is 0 Å². The van der Waals surface area contributed by atoms with Crippen LogP contribution in [0.4, 0.5) is 0 Å². The number of benzene rings is 2. The van der Waals surface area contributed by atoms with E-state index in [9.17, 15) is 4.79 Å². The van der Waals surface area contributed by atoms with E-state index in [-0.39, 0.29) is 5.91 Å². The van der Waals surface area contributed by atoms with Gasteiger partial charge in [0.05, 0.1) is 38.3 Å². The highest BCUT2D eigenvalue weighted by atomic mass is 16.5. The van der Waals surface area contributed by atoms with Crippen LogP contribution in [0.25, 0.3) is 28.0 Å². The fraction of sp³-hybridized carbons (Fsp3) is 0.355. The summed E-state index contributed by atoms with van der Waals surface area (Å²) in [5.74, 6) is 1.65. The third kappa shape index (κ3) is 6.58. The Bertz CT molecular complexity index is 1410. The first-order valence-electron chi connectivity index (χ1n) is 13.6. The normalized spacial score (nSPS) is 13.9. The number of fused-ring (bicyclic) bond motifs is 1. The molecule has 39 heavy (non-hydrogen) atoms. The second-order valence-electron chi connectivity index (χ2n) is 9.55. The zero-order valence-corrected chi connectivity index (χ0v) is 22.7. The smallest absolute Gasteiger partial charge is 0.220 e. The summed E-state index contributed by atoms with van der Waals surface area (Å²) in [5.41, 5.74) is 5.75. The van der Waals surface area contributed by atoms with Gasteiger partial charge < -0.3 is 23.9 Å². The minimum atomic E-state index is 0.0374. The zero-order valence-electron chi connectivity index (χ0n) is 22.7. The van der Waals surface area contributed by atoms with Crippen LogP contribution in [-0.4, -0.2) is 73.3 Å². The Morgan fingerprint density at radius 2 is 1.77 bits per heavy atom.